The molecule has 1 amide bonds. The predicted molar refractivity (Wildman–Crippen MR) is 64.7 cm³/mol. The fourth-order valence-electron chi connectivity index (χ4n) is 1.37. The first-order valence-electron chi connectivity index (χ1n) is 6.07. The molecule has 0 fully saturated rings. The number of amides is 1. The second-order valence-corrected chi connectivity index (χ2v) is 4.45. The second-order valence-electron chi connectivity index (χ2n) is 4.45. The maximum atomic E-state index is 11.4. The standard InChI is InChI=1S/C12H23NO4/c1-4-6-17-7-5-11(14)13-10(12(15)16)8-9(2)3/h9-10H,4-8H2,1-3H3,(H,13,14)(H,15,16)/t10-/m1/s1. The topological polar surface area (TPSA) is 75.6 Å². The van der Waals surface area contributed by atoms with E-state index in [-0.39, 0.29) is 18.2 Å². The highest BCUT2D eigenvalue weighted by Gasteiger charge is 2.20. The minimum atomic E-state index is -0.985. The van der Waals surface area contributed by atoms with Gasteiger partial charge in [0.1, 0.15) is 6.04 Å². The van der Waals surface area contributed by atoms with Crippen LogP contribution in [0.5, 0.6) is 0 Å². The largest absolute Gasteiger partial charge is 0.480 e. The molecule has 0 aliphatic carbocycles. The Morgan fingerprint density at radius 2 is 1.94 bits per heavy atom. The van der Waals surface area contributed by atoms with Gasteiger partial charge in [-0.15, -0.1) is 0 Å². The Hall–Kier alpha value is -1.10. The minimum Gasteiger partial charge on any atom is -0.480 e. The van der Waals surface area contributed by atoms with Gasteiger partial charge in [-0.05, 0) is 18.8 Å². The predicted octanol–water partition coefficient (Wildman–Crippen LogP) is 1.42. The van der Waals surface area contributed by atoms with Gasteiger partial charge in [-0.1, -0.05) is 20.8 Å². The number of carbonyl (C=O) groups is 2. The molecule has 0 saturated carbocycles. The molecule has 0 aliphatic rings. The molecule has 0 aromatic carbocycles. The van der Waals surface area contributed by atoms with Gasteiger partial charge in [0, 0.05) is 13.0 Å². The summed E-state index contributed by atoms with van der Waals surface area (Å²) in [5.74, 6) is -1.02. The molecule has 0 aromatic rings. The number of carbonyl (C=O) groups excluding carboxylic acids is 1. The van der Waals surface area contributed by atoms with Crippen LogP contribution in [0.25, 0.3) is 0 Å². The first-order chi connectivity index (χ1) is 7.97. The number of carboxylic acids is 1. The van der Waals surface area contributed by atoms with Gasteiger partial charge in [-0.3, -0.25) is 4.79 Å². The quantitative estimate of drug-likeness (QED) is 0.602. The molecule has 0 bridgehead atoms. The van der Waals surface area contributed by atoms with Crippen molar-refractivity contribution in [3.05, 3.63) is 0 Å². The maximum Gasteiger partial charge on any atom is 0.326 e. The Kier molecular flexibility index (Phi) is 8.40. The minimum absolute atomic E-state index is 0.210. The van der Waals surface area contributed by atoms with Crippen molar-refractivity contribution < 1.29 is 19.4 Å². The Balaban J connectivity index is 3.91. The van der Waals surface area contributed by atoms with Gasteiger partial charge in [-0.2, -0.15) is 0 Å². The van der Waals surface area contributed by atoms with Gasteiger partial charge in [0.15, 0.2) is 0 Å². The number of nitrogens with one attached hydrogen (secondary N) is 1. The molecule has 2 N–H and O–H groups in total. The average molecular weight is 245 g/mol. The summed E-state index contributed by atoms with van der Waals surface area (Å²) in [5.41, 5.74) is 0. The fraction of sp³-hybridized carbons (Fsp3) is 0.833. The zero-order chi connectivity index (χ0) is 13.3. The van der Waals surface area contributed by atoms with E-state index < -0.39 is 12.0 Å². The summed E-state index contributed by atoms with van der Waals surface area (Å²) in [6.45, 7) is 6.80. The molecule has 0 spiro atoms. The Morgan fingerprint density at radius 1 is 1.29 bits per heavy atom. The van der Waals surface area contributed by atoms with Crippen molar-refractivity contribution in [2.45, 2.75) is 46.1 Å². The highest BCUT2D eigenvalue weighted by atomic mass is 16.5. The molecule has 0 unspecified atom stereocenters. The number of carboxylic acid groups (broad SMARTS) is 1. The van der Waals surface area contributed by atoms with Crippen LogP contribution in [0, 0.1) is 5.92 Å². The van der Waals surface area contributed by atoms with E-state index in [1.54, 1.807) is 0 Å². The van der Waals surface area contributed by atoms with Crippen molar-refractivity contribution in [2.24, 2.45) is 5.92 Å². The number of hydrogen-bond donors (Lipinski definition) is 2. The monoisotopic (exact) mass is 245 g/mol. The lowest BCUT2D eigenvalue weighted by molar-refractivity contribution is -0.142. The number of hydrogen-bond acceptors (Lipinski definition) is 3. The summed E-state index contributed by atoms with van der Waals surface area (Å²) >= 11 is 0. The lowest BCUT2D eigenvalue weighted by Crippen LogP contribution is -2.41. The molecule has 0 radical (unpaired) electrons. The lowest BCUT2D eigenvalue weighted by Gasteiger charge is -2.16. The van der Waals surface area contributed by atoms with Crippen LogP contribution in [0.1, 0.15) is 40.0 Å². The third-order valence-corrected chi connectivity index (χ3v) is 2.16. The molecule has 17 heavy (non-hydrogen) atoms. The van der Waals surface area contributed by atoms with E-state index in [1.807, 2.05) is 20.8 Å². The first-order valence-corrected chi connectivity index (χ1v) is 6.07. The molecule has 5 heteroatoms. The van der Waals surface area contributed by atoms with Crippen molar-refractivity contribution in [1.82, 2.24) is 5.32 Å². The van der Waals surface area contributed by atoms with E-state index >= 15 is 0 Å². The molecule has 100 valence electrons. The Labute approximate surface area is 103 Å². The molecule has 0 aliphatic heterocycles. The third kappa shape index (κ3) is 8.68. The Morgan fingerprint density at radius 3 is 2.41 bits per heavy atom. The van der Waals surface area contributed by atoms with Gasteiger partial charge in [0.25, 0.3) is 0 Å². The van der Waals surface area contributed by atoms with Gasteiger partial charge >= 0.3 is 5.97 Å². The summed E-state index contributed by atoms with van der Waals surface area (Å²) in [5, 5.41) is 11.4. The maximum absolute atomic E-state index is 11.4. The van der Waals surface area contributed by atoms with Crippen LogP contribution in [0.3, 0.4) is 0 Å². The number of rotatable bonds is 9. The van der Waals surface area contributed by atoms with E-state index in [4.69, 9.17) is 9.84 Å². The number of ether oxygens (including phenoxy) is 1. The lowest BCUT2D eigenvalue weighted by atomic mass is 10.0. The van der Waals surface area contributed by atoms with E-state index in [0.29, 0.717) is 19.6 Å². The van der Waals surface area contributed by atoms with Gasteiger partial charge in [0.05, 0.1) is 6.61 Å². The summed E-state index contributed by atoms with van der Waals surface area (Å²) in [6.07, 6.45) is 1.56. The molecule has 1 atom stereocenters. The highest BCUT2D eigenvalue weighted by Crippen LogP contribution is 2.05. The van der Waals surface area contributed by atoms with Crippen LogP contribution in [-0.2, 0) is 14.3 Å². The van der Waals surface area contributed by atoms with Crippen molar-refractivity contribution in [1.29, 1.82) is 0 Å². The van der Waals surface area contributed by atoms with E-state index in [9.17, 15) is 9.59 Å². The molecular weight excluding hydrogens is 222 g/mol. The van der Waals surface area contributed by atoms with Gasteiger partial charge in [0.2, 0.25) is 5.91 Å². The van der Waals surface area contributed by atoms with Gasteiger partial charge < -0.3 is 15.2 Å². The van der Waals surface area contributed by atoms with Gasteiger partial charge in [-0.25, -0.2) is 4.79 Å². The van der Waals surface area contributed by atoms with Crippen molar-refractivity contribution >= 4 is 11.9 Å². The summed E-state index contributed by atoms with van der Waals surface area (Å²) in [6, 6.07) is -0.798. The molecule has 5 nitrogen and oxygen atoms in total. The van der Waals surface area contributed by atoms with E-state index in [1.165, 1.54) is 0 Å². The summed E-state index contributed by atoms with van der Waals surface area (Å²) < 4.78 is 5.17. The zero-order valence-electron chi connectivity index (χ0n) is 10.9. The van der Waals surface area contributed by atoms with Crippen molar-refractivity contribution in [2.75, 3.05) is 13.2 Å². The smallest absolute Gasteiger partial charge is 0.326 e. The van der Waals surface area contributed by atoms with E-state index in [0.717, 1.165) is 6.42 Å². The summed E-state index contributed by atoms with van der Waals surface area (Å²) in [4.78, 5) is 22.3. The zero-order valence-corrected chi connectivity index (χ0v) is 10.9. The fourth-order valence-corrected chi connectivity index (χ4v) is 1.37. The second kappa shape index (κ2) is 8.98. The summed E-state index contributed by atoms with van der Waals surface area (Å²) in [7, 11) is 0. The van der Waals surface area contributed by atoms with Crippen LogP contribution in [-0.4, -0.2) is 36.2 Å². The van der Waals surface area contributed by atoms with Crippen LogP contribution < -0.4 is 5.32 Å². The number of aliphatic carboxylic acids is 1. The van der Waals surface area contributed by atoms with Crippen LogP contribution in [0.2, 0.25) is 0 Å². The molecule has 0 rings (SSSR count). The van der Waals surface area contributed by atoms with Crippen molar-refractivity contribution in [3.8, 4) is 0 Å². The SMILES string of the molecule is CCCOCCC(=O)N[C@H](CC(C)C)C(=O)O. The average Bonchev–Trinajstić information content (AvgIpc) is 2.22. The molecular formula is C12H23NO4. The van der Waals surface area contributed by atoms with Crippen LogP contribution >= 0.6 is 0 Å². The normalized spacial score (nSPS) is 12.5. The first kappa shape index (κ1) is 15.9. The highest BCUT2D eigenvalue weighted by molar-refractivity contribution is 5.83. The molecule has 0 heterocycles. The van der Waals surface area contributed by atoms with Crippen LogP contribution in [0.15, 0.2) is 0 Å². The van der Waals surface area contributed by atoms with E-state index in [2.05, 4.69) is 5.32 Å². The molecule has 0 aromatic heterocycles. The molecule has 0 saturated heterocycles. The Bertz CT molecular complexity index is 241. The third-order valence-electron chi connectivity index (χ3n) is 2.16. The van der Waals surface area contributed by atoms with Crippen molar-refractivity contribution in [3.63, 3.8) is 0 Å². The van der Waals surface area contributed by atoms with Crippen LogP contribution in [0.4, 0.5) is 0 Å².